The van der Waals surface area contributed by atoms with Gasteiger partial charge in [0, 0.05) is 0 Å². The van der Waals surface area contributed by atoms with E-state index in [1.54, 1.807) is 20.8 Å². The molecule has 1 aliphatic heterocycles. The summed E-state index contributed by atoms with van der Waals surface area (Å²) < 4.78 is 5.22. The van der Waals surface area contributed by atoms with Crippen LogP contribution in [0.4, 0.5) is 0 Å². The van der Waals surface area contributed by atoms with Crippen LogP contribution >= 0.6 is 0 Å². The van der Waals surface area contributed by atoms with Crippen molar-refractivity contribution in [1.82, 2.24) is 5.32 Å². The molecule has 0 saturated carbocycles. The second-order valence-electron chi connectivity index (χ2n) is 5.45. The van der Waals surface area contributed by atoms with Crippen LogP contribution in [-0.2, 0) is 14.3 Å². The molecule has 0 aliphatic carbocycles. The van der Waals surface area contributed by atoms with Crippen molar-refractivity contribution in [2.75, 3.05) is 6.54 Å². The van der Waals surface area contributed by atoms with E-state index in [0.29, 0.717) is 6.54 Å². The molecular weight excluding hydrogens is 222 g/mol. The predicted molar refractivity (Wildman–Crippen MR) is 62.7 cm³/mol. The molecule has 0 radical (unpaired) electrons. The molecule has 1 fully saturated rings. The highest BCUT2D eigenvalue weighted by atomic mass is 16.6. The van der Waals surface area contributed by atoms with Crippen molar-refractivity contribution in [1.29, 1.82) is 0 Å². The van der Waals surface area contributed by atoms with E-state index in [9.17, 15) is 14.7 Å². The summed E-state index contributed by atoms with van der Waals surface area (Å²) in [5.74, 6) is -1.83. The van der Waals surface area contributed by atoms with Crippen LogP contribution in [0.15, 0.2) is 0 Å². The summed E-state index contributed by atoms with van der Waals surface area (Å²) >= 11 is 0. The summed E-state index contributed by atoms with van der Waals surface area (Å²) in [5.41, 5.74) is -2.24. The van der Waals surface area contributed by atoms with Crippen LogP contribution in [0.2, 0.25) is 0 Å². The molecule has 1 aliphatic rings. The molecule has 0 aromatic rings. The summed E-state index contributed by atoms with van der Waals surface area (Å²) in [4.78, 5) is 23.5. The minimum atomic E-state index is -1.57. The van der Waals surface area contributed by atoms with Crippen molar-refractivity contribution in [3.05, 3.63) is 0 Å². The lowest BCUT2D eigenvalue weighted by Gasteiger charge is -2.30. The fourth-order valence-electron chi connectivity index (χ4n) is 1.89. The molecule has 5 heteroatoms. The van der Waals surface area contributed by atoms with Gasteiger partial charge in [-0.1, -0.05) is 12.8 Å². The molecule has 0 aromatic heterocycles. The van der Waals surface area contributed by atoms with E-state index in [-0.39, 0.29) is 6.42 Å². The zero-order valence-corrected chi connectivity index (χ0v) is 10.7. The molecule has 5 nitrogen and oxygen atoms in total. The SMILES string of the molecule is CC(C)(C)OC(=O)[C@@]1(C(=O)O)CCCCCN1. The smallest absolute Gasteiger partial charge is 0.338 e. The summed E-state index contributed by atoms with van der Waals surface area (Å²) in [6.07, 6.45) is 2.83. The van der Waals surface area contributed by atoms with Gasteiger partial charge < -0.3 is 9.84 Å². The zero-order chi connectivity index (χ0) is 13.1. The lowest BCUT2D eigenvalue weighted by molar-refractivity contribution is -0.171. The minimum Gasteiger partial charge on any atom is -0.479 e. The first-order valence-electron chi connectivity index (χ1n) is 6.00. The molecule has 0 bridgehead atoms. The normalized spacial score (nSPS) is 26.1. The van der Waals surface area contributed by atoms with Crippen molar-refractivity contribution in [3.63, 3.8) is 0 Å². The average molecular weight is 243 g/mol. The monoisotopic (exact) mass is 243 g/mol. The molecule has 0 aromatic carbocycles. The average Bonchev–Trinajstić information content (AvgIpc) is 2.40. The maximum Gasteiger partial charge on any atom is 0.338 e. The van der Waals surface area contributed by atoms with Crippen molar-refractivity contribution in [3.8, 4) is 0 Å². The molecule has 1 atom stereocenters. The van der Waals surface area contributed by atoms with Gasteiger partial charge in [0.05, 0.1) is 0 Å². The number of carbonyl (C=O) groups excluding carboxylic acids is 1. The van der Waals surface area contributed by atoms with Crippen LogP contribution in [0.1, 0.15) is 46.5 Å². The maximum atomic E-state index is 12.1. The van der Waals surface area contributed by atoms with Crippen molar-refractivity contribution in [2.45, 2.75) is 57.6 Å². The van der Waals surface area contributed by atoms with Gasteiger partial charge in [0.25, 0.3) is 0 Å². The summed E-state index contributed by atoms with van der Waals surface area (Å²) in [6.45, 7) is 5.73. The number of hydrogen-bond acceptors (Lipinski definition) is 4. The quantitative estimate of drug-likeness (QED) is 0.565. The first kappa shape index (κ1) is 14.0. The number of rotatable bonds is 2. The Morgan fingerprint density at radius 1 is 1.24 bits per heavy atom. The van der Waals surface area contributed by atoms with E-state index in [4.69, 9.17) is 4.74 Å². The number of aliphatic carboxylic acids is 1. The number of ether oxygens (including phenoxy) is 1. The van der Waals surface area contributed by atoms with Crippen LogP contribution in [0, 0.1) is 0 Å². The summed E-state index contributed by atoms with van der Waals surface area (Å²) in [5, 5.41) is 12.2. The molecule has 17 heavy (non-hydrogen) atoms. The van der Waals surface area contributed by atoms with Crippen LogP contribution in [0.25, 0.3) is 0 Å². The van der Waals surface area contributed by atoms with Gasteiger partial charge in [-0.3, -0.25) is 5.32 Å². The maximum absolute atomic E-state index is 12.1. The molecule has 1 rings (SSSR count). The standard InChI is InChI=1S/C12H21NO4/c1-11(2,3)17-10(16)12(9(14)15)7-5-4-6-8-13-12/h13H,4-8H2,1-3H3,(H,14,15)/t12-/m0/s1. The molecule has 98 valence electrons. The Kier molecular flexibility index (Phi) is 4.14. The number of carboxylic acids is 1. The van der Waals surface area contributed by atoms with Gasteiger partial charge in [0.2, 0.25) is 5.54 Å². The Morgan fingerprint density at radius 2 is 1.88 bits per heavy atom. The van der Waals surface area contributed by atoms with Gasteiger partial charge in [0.15, 0.2) is 0 Å². The van der Waals surface area contributed by atoms with E-state index >= 15 is 0 Å². The molecular formula is C12H21NO4. The summed E-state index contributed by atoms with van der Waals surface area (Å²) in [6, 6.07) is 0. The highest BCUT2D eigenvalue weighted by Crippen LogP contribution is 2.23. The fraction of sp³-hybridized carbons (Fsp3) is 0.833. The van der Waals surface area contributed by atoms with Crippen LogP contribution in [-0.4, -0.2) is 34.7 Å². The first-order valence-corrected chi connectivity index (χ1v) is 6.00. The number of nitrogens with one attached hydrogen (secondary N) is 1. The van der Waals surface area contributed by atoms with E-state index in [2.05, 4.69) is 5.32 Å². The molecule has 1 saturated heterocycles. The second kappa shape index (κ2) is 5.04. The lowest BCUT2D eigenvalue weighted by atomic mass is 9.93. The Hall–Kier alpha value is -1.10. The Morgan fingerprint density at radius 3 is 2.41 bits per heavy atom. The van der Waals surface area contributed by atoms with Crippen LogP contribution in [0.3, 0.4) is 0 Å². The molecule has 0 unspecified atom stereocenters. The van der Waals surface area contributed by atoms with Gasteiger partial charge in [-0.05, 0) is 40.2 Å². The predicted octanol–water partition coefficient (Wildman–Crippen LogP) is 1.32. The molecule has 0 amide bonds. The fourth-order valence-corrected chi connectivity index (χ4v) is 1.89. The topological polar surface area (TPSA) is 75.6 Å². The third-order valence-electron chi connectivity index (χ3n) is 2.77. The lowest BCUT2D eigenvalue weighted by Crippen LogP contribution is -2.59. The first-order chi connectivity index (χ1) is 7.78. The van der Waals surface area contributed by atoms with Gasteiger partial charge in [-0.15, -0.1) is 0 Å². The zero-order valence-electron chi connectivity index (χ0n) is 10.7. The third-order valence-corrected chi connectivity index (χ3v) is 2.77. The number of carbonyl (C=O) groups is 2. The molecule has 2 N–H and O–H groups in total. The minimum absolute atomic E-state index is 0.289. The van der Waals surface area contributed by atoms with E-state index in [0.717, 1.165) is 19.3 Å². The van der Waals surface area contributed by atoms with Crippen molar-refractivity contribution in [2.24, 2.45) is 0 Å². The van der Waals surface area contributed by atoms with Gasteiger partial charge in [-0.25, -0.2) is 9.59 Å². The highest BCUT2D eigenvalue weighted by molar-refractivity contribution is 6.04. The van der Waals surface area contributed by atoms with E-state index in [1.807, 2.05) is 0 Å². The number of carboxylic acid groups (broad SMARTS) is 1. The van der Waals surface area contributed by atoms with Crippen molar-refractivity contribution < 1.29 is 19.4 Å². The van der Waals surface area contributed by atoms with E-state index in [1.165, 1.54) is 0 Å². The van der Waals surface area contributed by atoms with Gasteiger partial charge in [-0.2, -0.15) is 0 Å². The molecule has 0 spiro atoms. The van der Waals surface area contributed by atoms with Crippen LogP contribution in [0.5, 0.6) is 0 Å². The number of esters is 1. The largest absolute Gasteiger partial charge is 0.479 e. The summed E-state index contributed by atoms with van der Waals surface area (Å²) in [7, 11) is 0. The van der Waals surface area contributed by atoms with Gasteiger partial charge in [0.1, 0.15) is 5.60 Å². The Bertz CT molecular complexity index is 298. The third kappa shape index (κ3) is 3.43. The highest BCUT2D eigenvalue weighted by Gasteiger charge is 2.48. The van der Waals surface area contributed by atoms with Gasteiger partial charge >= 0.3 is 11.9 Å². The van der Waals surface area contributed by atoms with E-state index < -0.39 is 23.1 Å². The molecule has 1 heterocycles. The van der Waals surface area contributed by atoms with Crippen molar-refractivity contribution >= 4 is 11.9 Å². The Labute approximate surface area is 102 Å². The number of hydrogen-bond donors (Lipinski definition) is 2. The Balaban J connectivity index is 2.90. The van der Waals surface area contributed by atoms with Crippen LogP contribution < -0.4 is 5.32 Å². The second-order valence-corrected chi connectivity index (χ2v) is 5.45.